The van der Waals surface area contributed by atoms with E-state index in [2.05, 4.69) is 5.32 Å². The van der Waals surface area contributed by atoms with Gasteiger partial charge in [-0.2, -0.15) is 0 Å². The lowest BCUT2D eigenvalue weighted by molar-refractivity contribution is 0.171. The van der Waals surface area contributed by atoms with E-state index < -0.39 is 9.84 Å². The van der Waals surface area contributed by atoms with Crippen LogP contribution in [0.5, 0.6) is 11.5 Å². The third-order valence-electron chi connectivity index (χ3n) is 2.82. The zero-order valence-corrected chi connectivity index (χ0v) is 10.4. The van der Waals surface area contributed by atoms with Gasteiger partial charge in [0.2, 0.25) is 0 Å². The SMILES string of the molecule is O=S1(=O)C=C[C@H](Nc2ccc3c(c2)OCCO3)C1. The van der Waals surface area contributed by atoms with Crippen molar-refractivity contribution < 1.29 is 17.9 Å². The quantitative estimate of drug-likeness (QED) is 0.871. The summed E-state index contributed by atoms with van der Waals surface area (Å²) in [6, 6.07) is 5.32. The van der Waals surface area contributed by atoms with Crippen LogP contribution >= 0.6 is 0 Å². The molecule has 0 aromatic heterocycles. The largest absolute Gasteiger partial charge is 0.486 e. The average molecular weight is 267 g/mol. The maximum Gasteiger partial charge on any atom is 0.173 e. The van der Waals surface area contributed by atoms with E-state index in [9.17, 15) is 8.42 Å². The summed E-state index contributed by atoms with van der Waals surface area (Å²) >= 11 is 0. The third-order valence-corrected chi connectivity index (χ3v) is 4.22. The van der Waals surface area contributed by atoms with Gasteiger partial charge in [0.1, 0.15) is 13.2 Å². The lowest BCUT2D eigenvalue weighted by atomic mass is 10.2. The Morgan fingerprint density at radius 2 is 1.94 bits per heavy atom. The van der Waals surface area contributed by atoms with Crippen LogP contribution in [0.2, 0.25) is 0 Å². The monoisotopic (exact) mass is 267 g/mol. The van der Waals surface area contributed by atoms with E-state index >= 15 is 0 Å². The van der Waals surface area contributed by atoms with Gasteiger partial charge < -0.3 is 14.8 Å². The molecule has 2 heterocycles. The van der Waals surface area contributed by atoms with Crippen LogP contribution in [0.25, 0.3) is 0 Å². The topological polar surface area (TPSA) is 64.6 Å². The summed E-state index contributed by atoms with van der Waals surface area (Å²) < 4.78 is 33.5. The fraction of sp³-hybridized carbons (Fsp3) is 0.333. The minimum atomic E-state index is -3.03. The van der Waals surface area contributed by atoms with Gasteiger partial charge in [-0.15, -0.1) is 0 Å². The van der Waals surface area contributed by atoms with Crippen molar-refractivity contribution in [2.45, 2.75) is 6.04 Å². The molecule has 0 spiro atoms. The summed E-state index contributed by atoms with van der Waals surface area (Å²) in [5.41, 5.74) is 0.825. The van der Waals surface area contributed by atoms with Gasteiger partial charge in [-0.05, 0) is 12.1 Å². The Kier molecular flexibility index (Phi) is 2.66. The highest BCUT2D eigenvalue weighted by molar-refractivity contribution is 7.94. The summed E-state index contributed by atoms with van der Waals surface area (Å²) in [6.07, 6.45) is 1.66. The van der Waals surface area contributed by atoms with Crippen LogP contribution in [0.4, 0.5) is 5.69 Å². The van der Waals surface area contributed by atoms with Crippen molar-refractivity contribution >= 4 is 15.5 Å². The molecule has 0 amide bonds. The van der Waals surface area contributed by atoms with Crippen molar-refractivity contribution in [3.8, 4) is 11.5 Å². The van der Waals surface area contributed by atoms with Crippen molar-refractivity contribution in [3.63, 3.8) is 0 Å². The van der Waals surface area contributed by atoms with Crippen LogP contribution in [-0.4, -0.2) is 33.4 Å². The number of ether oxygens (including phenoxy) is 2. The van der Waals surface area contributed by atoms with Gasteiger partial charge in [-0.1, -0.05) is 6.08 Å². The van der Waals surface area contributed by atoms with Crippen molar-refractivity contribution in [2.24, 2.45) is 0 Å². The molecule has 0 radical (unpaired) electrons. The molecule has 0 aliphatic carbocycles. The molecule has 5 nitrogen and oxygen atoms in total. The molecule has 2 aliphatic rings. The van der Waals surface area contributed by atoms with E-state index in [4.69, 9.17) is 9.47 Å². The molecule has 0 fully saturated rings. The smallest absolute Gasteiger partial charge is 0.173 e. The predicted molar refractivity (Wildman–Crippen MR) is 67.8 cm³/mol. The van der Waals surface area contributed by atoms with Gasteiger partial charge in [0.15, 0.2) is 21.3 Å². The number of rotatable bonds is 2. The second kappa shape index (κ2) is 4.20. The Labute approximate surface area is 105 Å². The highest BCUT2D eigenvalue weighted by Gasteiger charge is 2.22. The summed E-state index contributed by atoms with van der Waals surface area (Å²) in [6.45, 7) is 1.09. The lowest BCUT2D eigenvalue weighted by Gasteiger charge is -2.20. The van der Waals surface area contributed by atoms with Crippen LogP contribution in [0.1, 0.15) is 0 Å². The Bertz CT molecular complexity index is 594. The number of anilines is 1. The third kappa shape index (κ3) is 2.28. The predicted octanol–water partition coefficient (Wildman–Crippen LogP) is 1.18. The molecule has 0 saturated heterocycles. The van der Waals surface area contributed by atoms with Crippen molar-refractivity contribution in [1.82, 2.24) is 0 Å². The molecule has 1 N–H and O–H groups in total. The number of fused-ring (bicyclic) bond motifs is 1. The Balaban J connectivity index is 1.76. The number of hydrogen-bond acceptors (Lipinski definition) is 5. The minimum absolute atomic E-state index is 0.0987. The average Bonchev–Trinajstić information content (AvgIpc) is 2.68. The number of benzene rings is 1. The first-order valence-electron chi connectivity index (χ1n) is 5.69. The molecule has 1 aromatic carbocycles. The van der Waals surface area contributed by atoms with Crippen LogP contribution in [0, 0.1) is 0 Å². The second-order valence-corrected chi connectivity index (χ2v) is 6.20. The van der Waals surface area contributed by atoms with Gasteiger partial charge in [0.25, 0.3) is 0 Å². The zero-order chi connectivity index (χ0) is 12.6. The molecule has 1 atom stereocenters. The van der Waals surface area contributed by atoms with Gasteiger partial charge in [0, 0.05) is 17.2 Å². The summed E-state index contributed by atoms with van der Waals surface area (Å²) in [5, 5.41) is 4.40. The van der Waals surface area contributed by atoms with Crippen LogP contribution in [-0.2, 0) is 9.84 Å². The molecule has 3 rings (SSSR count). The van der Waals surface area contributed by atoms with Crippen molar-refractivity contribution in [1.29, 1.82) is 0 Å². The Hall–Kier alpha value is -1.69. The molecule has 1 aromatic rings. The lowest BCUT2D eigenvalue weighted by Crippen LogP contribution is -2.21. The summed E-state index contributed by atoms with van der Waals surface area (Å²) in [4.78, 5) is 0. The molecule has 6 heteroatoms. The fourth-order valence-electron chi connectivity index (χ4n) is 2.01. The van der Waals surface area contributed by atoms with Crippen molar-refractivity contribution in [2.75, 3.05) is 24.3 Å². The number of nitrogens with one attached hydrogen (secondary N) is 1. The molecule has 2 aliphatic heterocycles. The molecule has 18 heavy (non-hydrogen) atoms. The number of sulfone groups is 1. The van der Waals surface area contributed by atoms with Crippen molar-refractivity contribution in [3.05, 3.63) is 29.7 Å². The first kappa shape index (κ1) is 11.4. The summed E-state index contributed by atoms with van der Waals surface area (Å²) in [7, 11) is -3.03. The van der Waals surface area contributed by atoms with Gasteiger partial charge in [0.05, 0.1) is 11.8 Å². The van der Waals surface area contributed by atoms with Gasteiger partial charge in [-0.3, -0.25) is 0 Å². The van der Waals surface area contributed by atoms with E-state index in [1.165, 1.54) is 5.41 Å². The Morgan fingerprint density at radius 3 is 2.67 bits per heavy atom. The highest BCUT2D eigenvalue weighted by atomic mass is 32.2. The van der Waals surface area contributed by atoms with E-state index in [-0.39, 0.29) is 11.8 Å². The molecular formula is C12H13NO4S. The first-order chi connectivity index (χ1) is 8.62. The van der Waals surface area contributed by atoms with Gasteiger partial charge >= 0.3 is 0 Å². The normalized spacial score (nSPS) is 23.9. The maximum absolute atomic E-state index is 11.3. The fourth-order valence-corrected chi connectivity index (χ4v) is 3.25. The number of hydrogen-bond donors (Lipinski definition) is 1. The van der Waals surface area contributed by atoms with Crippen LogP contribution in [0.3, 0.4) is 0 Å². The molecule has 0 unspecified atom stereocenters. The zero-order valence-electron chi connectivity index (χ0n) is 9.63. The molecule has 0 saturated carbocycles. The van der Waals surface area contributed by atoms with Gasteiger partial charge in [-0.25, -0.2) is 8.42 Å². The first-order valence-corrected chi connectivity index (χ1v) is 7.41. The molecular weight excluding hydrogens is 254 g/mol. The maximum atomic E-state index is 11.3. The molecule has 0 bridgehead atoms. The minimum Gasteiger partial charge on any atom is -0.486 e. The van der Waals surface area contributed by atoms with E-state index in [0.717, 1.165) is 11.4 Å². The van der Waals surface area contributed by atoms with E-state index in [1.54, 1.807) is 6.08 Å². The Morgan fingerprint density at radius 1 is 1.17 bits per heavy atom. The summed E-state index contributed by atoms with van der Waals surface area (Å²) in [5.74, 6) is 1.51. The second-order valence-electron chi connectivity index (χ2n) is 4.27. The van der Waals surface area contributed by atoms with E-state index in [1.807, 2.05) is 18.2 Å². The molecule has 96 valence electrons. The highest BCUT2D eigenvalue weighted by Crippen LogP contribution is 2.33. The van der Waals surface area contributed by atoms with E-state index in [0.29, 0.717) is 19.0 Å². The standard InChI is InChI=1S/C12H13NO4S/c14-18(15)6-3-10(8-18)13-9-1-2-11-12(7-9)17-5-4-16-11/h1-3,6-7,10,13H,4-5,8H2/t10-/m0/s1. The van der Waals surface area contributed by atoms with Crippen LogP contribution in [0.15, 0.2) is 29.7 Å². The van der Waals surface area contributed by atoms with Crippen LogP contribution < -0.4 is 14.8 Å².